The summed E-state index contributed by atoms with van der Waals surface area (Å²) in [4.78, 5) is 18.1. The summed E-state index contributed by atoms with van der Waals surface area (Å²) >= 11 is 0. The number of nitrogens with zero attached hydrogens (tertiary/aromatic N) is 2. The lowest BCUT2D eigenvalue weighted by Gasteiger charge is -2.18. The van der Waals surface area contributed by atoms with Gasteiger partial charge >= 0.3 is 6.03 Å². The molecule has 1 aliphatic heterocycles. The predicted molar refractivity (Wildman–Crippen MR) is 86.5 cm³/mol. The van der Waals surface area contributed by atoms with Crippen LogP contribution in [0.3, 0.4) is 0 Å². The lowest BCUT2D eigenvalue weighted by atomic mass is 10.2. The lowest BCUT2D eigenvalue weighted by Crippen LogP contribution is -2.39. The highest BCUT2D eigenvalue weighted by Crippen LogP contribution is 2.15. The fourth-order valence-electron chi connectivity index (χ4n) is 2.63. The monoisotopic (exact) mass is 296 g/mol. The van der Waals surface area contributed by atoms with Gasteiger partial charge in [0.25, 0.3) is 0 Å². The van der Waals surface area contributed by atoms with E-state index in [1.807, 2.05) is 47.4 Å². The molecule has 2 amide bonds. The number of amides is 2. The summed E-state index contributed by atoms with van der Waals surface area (Å²) in [6, 6.07) is 14.1. The Morgan fingerprint density at radius 1 is 1.23 bits per heavy atom. The van der Waals surface area contributed by atoms with Crippen molar-refractivity contribution in [3.05, 3.63) is 60.4 Å². The normalized spacial score (nSPS) is 17.3. The summed E-state index contributed by atoms with van der Waals surface area (Å²) in [6.07, 6.45) is 4.51. The maximum Gasteiger partial charge on any atom is 0.317 e. The smallest absolute Gasteiger partial charge is 0.317 e. The van der Waals surface area contributed by atoms with Gasteiger partial charge in [-0.3, -0.25) is 4.98 Å². The summed E-state index contributed by atoms with van der Waals surface area (Å²) in [6.45, 7) is 2.06. The van der Waals surface area contributed by atoms with Crippen molar-refractivity contribution in [2.24, 2.45) is 0 Å². The minimum atomic E-state index is -0.000611. The fourth-order valence-corrected chi connectivity index (χ4v) is 2.63. The second kappa shape index (κ2) is 6.93. The number of hydrogen-bond donors (Lipinski definition) is 2. The zero-order chi connectivity index (χ0) is 15.2. The summed E-state index contributed by atoms with van der Waals surface area (Å²) < 4.78 is 0. The van der Waals surface area contributed by atoms with Crippen LogP contribution in [-0.2, 0) is 6.54 Å². The summed E-state index contributed by atoms with van der Waals surface area (Å²) in [5.41, 5.74) is 2.11. The number of rotatable bonds is 4. The van der Waals surface area contributed by atoms with Crippen LogP contribution in [0.1, 0.15) is 12.0 Å². The largest absolute Gasteiger partial charge is 0.379 e. The van der Waals surface area contributed by atoms with Gasteiger partial charge in [-0.05, 0) is 24.1 Å². The van der Waals surface area contributed by atoms with E-state index in [1.54, 1.807) is 12.4 Å². The molecule has 1 unspecified atom stereocenters. The van der Waals surface area contributed by atoms with Crippen molar-refractivity contribution in [2.45, 2.75) is 19.0 Å². The first-order valence-corrected chi connectivity index (χ1v) is 7.54. The van der Waals surface area contributed by atoms with Crippen molar-refractivity contribution in [1.29, 1.82) is 0 Å². The first kappa shape index (κ1) is 14.4. The Labute approximate surface area is 130 Å². The maximum absolute atomic E-state index is 12.2. The van der Waals surface area contributed by atoms with E-state index >= 15 is 0 Å². The number of hydrogen-bond acceptors (Lipinski definition) is 3. The Kier molecular flexibility index (Phi) is 4.53. The third-order valence-electron chi connectivity index (χ3n) is 3.79. The highest BCUT2D eigenvalue weighted by molar-refractivity contribution is 5.74. The molecule has 5 heteroatoms. The predicted octanol–water partition coefficient (Wildman–Crippen LogP) is 2.48. The molecule has 1 atom stereocenters. The van der Waals surface area contributed by atoms with Crippen LogP contribution in [0.2, 0.25) is 0 Å². The molecular weight excluding hydrogens is 276 g/mol. The number of carbonyl (C=O) groups excluding carboxylic acids is 1. The minimum Gasteiger partial charge on any atom is -0.379 e. The molecule has 1 aromatic carbocycles. The van der Waals surface area contributed by atoms with Gasteiger partial charge < -0.3 is 15.5 Å². The van der Waals surface area contributed by atoms with E-state index in [-0.39, 0.29) is 12.1 Å². The van der Waals surface area contributed by atoms with E-state index in [1.165, 1.54) is 0 Å². The number of nitrogens with one attached hydrogen (secondary N) is 2. The van der Waals surface area contributed by atoms with Crippen molar-refractivity contribution >= 4 is 11.7 Å². The van der Waals surface area contributed by atoms with E-state index < -0.39 is 0 Å². The van der Waals surface area contributed by atoms with E-state index in [0.29, 0.717) is 6.54 Å². The van der Waals surface area contributed by atoms with E-state index in [9.17, 15) is 4.79 Å². The van der Waals surface area contributed by atoms with Gasteiger partial charge in [0.05, 0.1) is 5.69 Å². The third-order valence-corrected chi connectivity index (χ3v) is 3.79. The first-order valence-electron chi connectivity index (χ1n) is 7.54. The zero-order valence-electron chi connectivity index (χ0n) is 12.4. The molecule has 3 rings (SSSR count). The van der Waals surface area contributed by atoms with Gasteiger partial charge in [0.2, 0.25) is 0 Å². The second-order valence-electron chi connectivity index (χ2n) is 5.46. The van der Waals surface area contributed by atoms with Crippen LogP contribution in [-0.4, -0.2) is 35.0 Å². The third kappa shape index (κ3) is 3.75. The van der Waals surface area contributed by atoms with Gasteiger partial charge in [-0.15, -0.1) is 0 Å². The summed E-state index contributed by atoms with van der Waals surface area (Å²) in [5, 5.41) is 6.39. The molecule has 0 spiro atoms. The molecule has 5 nitrogen and oxygen atoms in total. The summed E-state index contributed by atoms with van der Waals surface area (Å²) in [7, 11) is 0. The number of benzene rings is 1. The average Bonchev–Trinajstić information content (AvgIpc) is 3.03. The van der Waals surface area contributed by atoms with Gasteiger partial charge in [0.1, 0.15) is 0 Å². The molecule has 0 saturated carbocycles. The van der Waals surface area contributed by atoms with Gasteiger partial charge in [-0.25, -0.2) is 4.79 Å². The van der Waals surface area contributed by atoms with Crippen molar-refractivity contribution in [3.63, 3.8) is 0 Å². The number of likely N-dealkylation sites (tertiary alicyclic amines) is 1. The van der Waals surface area contributed by atoms with Crippen LogP contribution in [0.4, 0.5) is 10.5 Å². The Bertz CT molecular complexity index is 603. The Balaban J connectivity index is 1.46. The van der Waals surface area contributed by atoms with Gasteiger partial charge in [0.15, 0.2) is 0 Å². The Morgan fingerprint density at radius 3 is 2.86 bits per heavy atom. The molecule has 1 fully saturated rings. The molecule has 0 aliphatic carbocycles. The standard InChI is InChI=1S/C17H20N4O/c22-17(19-11-14-5-2-1-3-6-14)21-10-8-16(13-21)20-15-7-4-9-18-12-15/h1-7,9,12,16,20H,8,10-11,13H2,(H,19,22). The van der Waals surface area contributed by atoms with Crippen LogP contribution in [0.25, 0.3) is 0 Å². The SMILES string of the molecule is O=C(NCc1ccccc1)N1CCC(Nc2cccnc2)C1. The fraction of sp³-hybridized carbons (Fsp3) is 0.294. The average molecular weight is 296 g/mol. The number of urea groups is 1. The van der Waals surface area contributed by atoms with Crippen molar-refractivity contribution in [2.75, 3.05) is 18.4 Å². The number of aromatic nitrogens is 1. The van der Waals surface area contributed by atoms with Crippen LogP contribution in [0, 0.1) is 0 Å². The van der Waals surface area contributed by atoms with Crippen molar-refractivity contribution < 1.29 is 4.79 Å². The topological polar surface area (TPSA) is 57.3 Å². The number of anilines is 1. The summed E-state index contributed by atoms with van der Waals surface area (Å²) in [5.74, 6) is 0. The molecule has 1 aromatic heterocycles. The molecule has 0 radical (unpaired) electrons. The van der Waals surface area contributed by atoms with Gasteiger partial charge in [-0.1, -0.05) is 30.3 Å². The highest BCUT2D eigenvalue weighted by atomic mass is 16.2. The molecule has 2 heterocycles. The second-order valence-corrected chi connectivity index (χ2v) is 5.46. The van der Waals surface area contributed by atoms with E-state index in [0.717, 1.165) is 30.8 Å². The van der Waals surface area contributed by atoms with Crippen LogP contribution in [0.5, 0.6) is 0 Å². The van der Waals surface area contributed by atoms with Crippen molar-refractivity contribution in [3.8, 4) is 0 Å². The molecule has 1 saturated heterocycles. The maximum atomic E-state index is 12.2. The molecule has 1 aliphatic rings. The van der Waals surface area contributed by atoms with Gasteiger partial charge in [0, 0.05) is 38.1 Å². The minimum absolute atomic E-state index is 0.000611. The van der Waals surface area contributed by atoms with E-state index in [2.05, 4.69) is 15.6 Å². The quantitative estimate of drug-likeness (QED) is 0.911. The number of pyridine rings is 1. The lowest BCUT2D eigenvalue weighted by molar-refractivity contribution is 0.208. The highest BCUT2D eigenvalue weighted by Gasteiger charge is 2.25. The molecule has 114 valence electrons. The van der Waals surface area contributed by atoms with Crippen LogP contribution < -0.4 is 10.6 Å². The number of carbonyl (C=O) groups is 1. The molecule has 2 aromatic rings. The molecule has 2 N–H and O–H groups in total. The Morgan fingerprint density at radius 2 is 2.09 bits per heavy atom. The van der Waals surface area contributed by atoms with Crippen LogP contribution in [0.15, 0.2) is 54.9 Å². The molecular formula is C17H20N4O. The molecule has 0 bridgehead atoms. The van der Waals surface area contributed by atoms with E-state index in [4.69, 9.17) is 0 Å². The van der Waals surface area contributed by atoms with Gasteiger partial charge in [-0.2, -0.15) is 0 Å². The van der Waals surface area contributed by atoms with Crippen molar-refractivity contribution in [1.82, 2.24) is 15.2 Å². The van der Waals surface area contributed by atoms with Crippen LogP contribution >= 0.6 is 0 Å². The Hall–Kier alpha value is -2.56. The first-order chi connectivity index (χ1) is 10.8. The molecule has 22 heavy (non-hydrogen) atoms. The zero-order valence-corrected chi connectivity index (χ0v) is 12.4.